The highest BCUT2D eigenvalue weighted by Crippen LogP contribution is 2.63. The van der Waals surface area contributed by atoms with E-state index in [1.54, 1.807) is 0 Å². The van der Waals surface area contributed by atoms with Crippen LogP contribution in [-0.2, 0) is 3.23 Å². The van der Waals surface area contributed by atoms with Gasteiger partial charge in [0.25, 0.3) is 0 Å². The van der Waals surface area contributed by atoms with Gasteiger partial charge in [0.05, 0.1) is 0 Å². The van der Waals surface area contributed by atoms with Gasteiger partial charge in [0.15, 0.2) is 0 Å². The van der Waals surface area contributed by atoms with E-state index < -0.39 is 6.47 Å². The highest BCUT2D eigenvalue weighted by Gasteiger charge is 2.51. The topological polar surface area (TPSA) is 0 Å². The predicted octanol–water partition coefficient (Wildman–Crippen LogP) is 7.02. The van der Waals surface area contributed by atoms with Gasteiger partial charge in [-0.25, -0.2) is 0 Å². The SMILES string of the molecule is BrC1=Cc2cc3ccccc3cc2C(Br)(Br)C1(Br)Br. The Balaban J connectivity index is 2.38. The Morgan fingerprint density at radius 1 is 0.789 bits per heavy atom. The second kappa shape index (κ2) is 4.94. The summed E-state index contributed by atoms with van der Waals surface area (Å²) in [5.74, 6) is 0. The van der Waals surface area contributed by atoms with E-state index in [2.05, 4.69) is 122 Å². The van der Waals surface area contributed by atoms with Crippen LogP contribution in [0, 0.1) is 0 Å². The lowest BCUT2D eigenvalue weighted by atomic mass is 9.93. The van der Waals surface area contributed by atoms with Crippen molar-refractivity contribution in [1.29, 1.82) is 0 Å². The van der Waals surface area contributed by atoms with Crippen molar-refractivity contribution in [2.24, 2.45) is 0 Å². The van der Waals surface area contributed by atoms with Crippen LogP contribution in [0.15, 0.2) is 40.9 Å². The van der Waals surface area contributed by atoms with Crippen LogP contribution in [0.25, 0.3) is 16.8 Å². The molecule has 2 aromatic carbocycles. The quantitative estimate of drug-likeness (QED) is 0.297. The number of halogens is 5. The molecule has 5 heteroatoms. The highest BCUT2D eigenvalue weighted by atomic mass is 79.9. The first-order valence-electron chi connectivity index (χ1n) is 5.50. The fraction of sp³-hybridized carbons (Fsp3) is 0.143. The highest BCUT2D eigenvalue weighted by molar-refractivity contribution is 9.30. The van der Waals surface area contributed by atoms with Gasteiger partial charge in [-0.2, -0.15) is 0 Å². The zero-order chi connectivity index (χ0) is 13.8. The van der Waals surface area contributed by atoms with Gasteiger partial charge in [0.2, 0.25) is 0 Å². The van der Waals surface area contributed by atoms with Crippen molar-refractivity contribution in [1.82, 2.24) is 0 Å². The summed E-state index contributed by atoms with van der Waals surface area (Å²) in [6.07, 6.45) is 2.13. The van der Waals surface area contributed by atoms with Gasteiger partial charge in [-0.15, -0.1) is 0 Å². The molecule has 3 rings (SSSR count). The summed E-state index contributed by atoms with van der Waals surface area (Å²) in [7, 11) is 0. The van der Waals surface area contributed by atoms with Gasteiger partial charge in [-0.05, 0) is 40.1 Å². The van der Waals surface area contributed by atoms with E-state index in [0.29, 0.717) is 0 Å². The molecule has 0 saturated heterocycles. The summed E-state index contributed by atoms with van der Waals surface area (Å²) >= 11 is 18.7. The molecule has 0 radical (unpaired) electrons. The maximum absolute atomic E-state index is 3.79. The van der Waals surface area contributed by atoms with Gasteiger partial charge in [0, 0.05) is 4.48 Å². The van der Waals surface area contributed by atoms with Crippen LogP contribution in [0.3, 0.4) is 0 Å². The molecule has 1 aliphatic rings. The van der Waals surface area contributed by atoms with Crippen molar-refractivity contribution in [3.8, 4) is 0 Å². The van der Waals surface area contributed by atoms with Gasteiger partial charge < -0.3 is 0 Å². The van der Waals surface area contributed by atoms with Crippen LogP contribution >= 0.6 is 79.6 Å². The van der Waals surface area contributed by atoms with Crippen molar-refractivity contribution in [2.75, 3.05) is 0 Å². The summed E-state index contributed by atoms with van der Waals surface area (Å²) in [6, 6.07) is 12.8. The van der Waals surface area contributed by atoms with Crippen LogP contribution < -0.4 is 0 Å². The van der Waals surface area contributed by atoms with E-state index in [1.165, 1.54) is 21.9 Å². The molecule has 1 aliphatic carbocycles. The summed E-state index contributed by atoms with van der Waals surface area (Å²) in [5, 5.41) is 2.47. The molecule has 0 saturated carbocycles. The zero-order valence-electron chi connectivity index (χ0n) is 9.43. The molecule has 0 fully saturated rings. The van der Waals surface area contributed by atoms with Crippen molar-refractivity contribution in [2.45, 2.75) is 6.47 Å². The molecule has 0 atom stereocenters. The fourth-order valence-corrected chi connectivity index (χ4v) is 5.04. The first-order chi connectivity index (χ1) is 8.84. The number of benzene rings is 2. The summed E-state index contributed by atoms with van der Waals surface area (Å²) in [5.41, 5.74) is 2.37. The molecular weight excluding hydrogens is 568 g/mol. The summed E-state index contributed by atoms with van der Waals surface area (Å²) in [4.78, 5) is 0. The minimum absolute atomic E-state index is 0.428. The maximum Gasteiger partial charge on any atom is 0.141 e. The van der Waals surface area contributed by atoms with Crippen molar-refractivity contribution < 1.29 is 0 Å². The minimum atomic E-state index is -0.431. The third kappa shape index (κ3) is 2.24. The van der Waals surface area contributed by atoms with Crippen molar-refractivity contribution in [3.63, 3.8) is 0 Å². The summed E-state index contributed by atoms with van der Waals surface area (Å²) < 4.78 is 0.166. The lowest BCUT2D eigenvalue weighted by Gasteiger charge is -2.39. The average Bonchev–Trinajstić information content (AvgIpc) is 2.36. The fourth-order valence-electron chi connectivity index (χ4n) is 2.20. The van der Waals surface area contributed by atoms with Crippen molar-refractivity contribution >= 4 is 96.5 Å². The maximum atomic E-state index is 3.79. The Bertz CT molecular complexity index is 700. The molecule has 0 bridgehead atoms. The molecule has 0 amide bonds. The van der Waals surface area contributed by atoms with Gasteiger partial charge in [-0.3, -0.25) is 0 Å². The lowest BCUT2D eigenvalue weighted by Crippen LogP contribution is -2.35. The van der Waals surface area contributed by atoms with Crippen LogP contribution in [0.4, 0.5) is 0 Å². The number of hydrogen-bond acceptors (Lipinski definition) is 0. The first-order valence-corrected chi connectivity index (χ1v) is 9.47. The molecule has 19 heavy (non-hydrogen) atoms. The Kier molecular flexibility index (Phi) is 3.84. The molecular formula is C14H7Br5. The monoisotopic (exact) mass is 570 g/mol. The molecule has 0 N–H and O–H groups in total. The largest absolute Gasteiger partial charge is 0.141 e. The number of allylic oxidation sites excluding steroid dienone is 1. The minimum Gasteiger partial charge on any atom is -0.0644 e. The van der Waals surface area contributed by atoms with E-state index in [0.717, 1.165) is 4.48 Å². The van der Waals surface area contributed by atoms with E-state index in [1.807, 2.05) is 0 Å². The van der Waals surface area contributed by atoms with Gasteiger partial charge in [-0.1, -0.05) is 104 Å². The Hall–Kier alpha value is 0.840. The number of fused-ring (bicyclic) bond motifs is 2. The van der Waals surface area contributed by atoms with E-state index in [4.69, 9.17) is 0 Å². The molecule has 0 heterocycles. The molecule has 0 nitrogen and oxygen atoms in total. The number of alkyl halides is 4. The smallest absolute Gasteiger partial charge is 0.0644 e. The standard InChI is InChI=1S/C14H7Br5/c15-12-7-10-5-8-3-1-2-4-9(8)6-11(10)13(16,17)14(12,18)19/h1-7H. The first kappa shape index (κ1) is 14.8. The number of hydrogen-bond donors (Lipinski definition) is 0. The third-order valence-electron chi connectivity index (χ3n) is 3.23. The Labute approximate surface area is 153 Å². The molecule has 2 aromatic rings. The molecule has 0 spiro atoms. The molecule has 0 aromatic heterocycles. The van der Waals surface area contributed by atoms with Gasteiger partial charge >= 0.3 is 0 Å². The van der Waals surface area contributed by atoms with E-state index >= 15 is 0 Å². The zero-order valence-corrected chi connectivity index (χ0v) is 17.4. The lowest BCUT2D eigenvalue weighted by molar-refractivity contribution is 0.908. The number of rotatable bonds is 0. The normalized spacial score (nSPS) is 19.9. The molecule has 98 valence electrons. The van der Waals surface area contributed by atoms with Crippen LogP contribution in [0.1, 0.15) is 11.1 Å². The van der Waals surface area contributed by atoms with E-state index in [9.17, 15) is 0 Å². The van der Waals surface area contributed by atoms with Crippen LogP contribution in [0.2, 0.25) is 0 Å². The second-order valence-electron chi connectivity index (χ2n) is 4.43. The van der Waals surface area contributed by atoms with Crippen LogP contribution in [-0.4, -0.2) is 3.23 Å². The Morgan fingerprint density at radius 3 is 2.00 bits per heavy atom. The predicted molar refractivity (Wildman–Crippen MR) is 101 cm³/mol. The Morgan fingerprint density at radius 2 is 1.37 bits per heavy atom. The molecule has 0 unspecified atom stereocenters. The second-order valence-corrected chi connectivity index (χ2v) is 12.2. The average molecular weight is 575 g/mol. The van der Waals surface area contributed by atoms with E-state index in [-0.39, 0.29) is 0 Å². The third-order valence-corrected chi connectivity index (χ3v) is 11.3. The molecule has 0 aliphatic heterocycles. The van der Waals surface area contributed by atoms with Gasteiger partial charge in [0.1, 0.15) is 6.47 Å². The van der Waals surface area contributed by atoms with Crippen LogP contribution in [0.5, 0.6) is 0 Å². The van der Waals surface area contributed by atoms with Crippen molar-refractivity contribution in [3.05, 3.63) is 52.0 Å². The summed E-state index contributed by atoms with van der Waals surface area (Å²) in [6.45, 7) is 0.